The smallest absolute Gasteiger partial charge is 0.255 e. The van der Waals surface area contributed by atoms with Crippen molar-refractivity contribution in [3.8, 4) is 33.5 Å². The van der Waals surface area contributed by atoms with Gasteiger partial charge in [0, 0.05) is 34.6 Å². The molecular formula is C23H16N2O2. The van der Waals surface area contributed by atoms with Crippen molar-refractivity contribution in [2.24, 2.45) is 0 Å². The quantitative estimate of drug-likeness (QED) is 0.547. The third kappa shape index (κ3) is 3.33. The van der Waals surface area contributed by atoms with E-state index >= 15 is 0 Å². The van der Waals surface area contributed by atoms with Gasteiger partial charge in [0.1, 0.15) is 0 Å². The summed E-state index contributed by atoms with van der Waals surface area (Å²) in [5, 5.41) is 0. The zero-order chi connectivity index (χ0) is 18.6. The Bertz CT molecular complexity index is 1150. The monoisotopic (exact) mass is 352 g/mol. The largest absolute Gasteiger partial charge is 0.328 e. The SMILES string of the molecule is O=Cc1ccccc1-c1cc(-c2ccc(-c3ccccc3)cn2)c[nH]c1=O. The summed E-state index contributed by atoms with van der Waals surface area (Å²) >= 11 is 0. The van der Waals surface area contributed by atoms with Crippen molar-refractivity contribution in [2.75, 3.05) is 0 Å². The number of carbonyl (C=O) groups excluding carboxylic acids is 1. The number of nitrogens with one attached hydrogen (secondary N) is 1. The summed E-state index contributed by atoms with van der Waals surface area (Å²) in [6.07, 6.45) is 4.21. The van der Waals surface area contributed by atoms with E-state index in [4.69, 9.17) is 0 Å². The first-order valence-corrected chi connectivity index (χ1v) is 8.55. The second kappa shape index (κ2) is 7.22. The lowest BCUT2D eigenvalue weighted by molar-refractivity contribution is 0.112. The van der Waals surface area contributed by atoms with Gasteiger partial charge >= 0.3 is 0 Å². The third-order valence-electron chi connectivity index (χ3n) is 4.45. The van der Waals surface area contributed by atoms with E-state index in [1.54, 1.807) is 36.5 Å². The summed E-state index contributed by atoms with van der Waals surface area (Å²) in [7, 11) is 0. The molecule has 0 saturated heterocycles. The van der Waals surface area contributed by atoms with Gasteiger partial charge in [-0.3, -0.25) is 14.6 Å². The molecule has 130 valence electrons. The van der Waals surface area contributed by atoms with Gasteiger partial charge in [0.05, 0.1) is 5.69 Å². The third-order valence-corrected chi connectivity index (χ3v) is 4.45. The van der Waals surface area contributed by atoms with Crippen LogP contribution in [0.4, 0.5) is 0 Å². The standard InChI is InChI=1S/C23H16N2O2/c26-15-18-8-4-5-9-20(18)21-12-19(14-25-23(21)27)22-11-10-17(13-24-22)16-6-2-1-3-7-16/h1-15H,(H,25,27). The zero-order valence-corrected chi connectivity index (χ0v) is 14.4. The van der Waals surface area contributed by atoms with Crippen molar-refractivity contribution in [3.63, 3.8) is 0 Å². The van der Waals surface area contributed by atoms with E-state index in [1.807, 2.05) is 48.7 Å². The molecule has 1 N–H and O–H groups in total. The van der Waals surface area contributed by atoms with Crippen molar-refractivity contribution in [1.82, 2.24) is 9.97 Å². The van der Waals surface area contributed by atoms with E-state index in [0.29, 0.717) is 16.7 Å². The molecule has 4 nitrogen and oxygen atoms in total. The summed E-state index contributed by atoms with van der Waals surface area (Å²) in [5.74, 6) is 0. The molecule has 0 fully saturated rings. The predicted molar refractivity (Wildman–Crippen MR) is 107 cm³/mol. The van der Waals surface area contributed by atoms with E-state index in [1.165, 1.54) is 0 Å². The highest BCUT2D eigenvalue weighted by atomic mass is 16.1. The molecule has 4 heteroatoms. The van der Waals surface area contributed by atoms with Crippen LogP contribution in [0.1, 0.15) is 10.4 Å². The minimum Gasteiger partial charge on any atom is -0.328 e. The van der Waals surface area contributed by atoms with Gasteiger partial charge in [-0.05, 0) is 23.3 Å². The van der Waals surface area contributed by atoms with Crippen molar-refractivity contribution in [2.45, 2.75) is 0 Å². The Morgan fingerprint density at radius 2 is 1.56 bits per heavy atom. The molecule has 4 rings (SSSR count). The van der Waals surface area contributed by atoms with E-state index in [9.17, 15) is 9.59 Å². The molecule has 0 unspecified atom stereocenters. The van der Waals surface area contributed by atoms with E-state index in [-0.39, 0.29) is 5.56 Å². The van der Waals surface area contributed by atoms with Crippen LogP contribution in [0.3, 0.4) is 0 Å². The summed E-state index contributed by atoms with van der Waals surface area (Å²) in [6, 6.07) is 22.8. The first kappa shape index (κ1) is 16.7. The van der Waals surface area contributed by atoms with Gasteiger partial charge in [0.2, 0.25) is 0 Å². The van der Waals surface area contributed by atoms with Crippen molar-refractivity contribution < 1.29 is 4.79 Å². The Hall–Kier alpha value is -3.79. The summed E-state index contributed by atoms with van der Waals surface area (Å²) < 4.78 is 0. The number of pyridine rings is 2. The number of carbonyl (C=O) groups is 1. The van der Waals surface area contributed by atoms with Crippen LogP contribution in [0.25, 0.3) is 33.5 Å². The van der Waals surface area contributed by atoms with Crippen LogP contribution in [0.2, 0.25) is 0 Å². The summed E-state index contributed by atoms with van der Waals surface area (Å²) in [6.45, 7) is 0. The fourth-order valence-corrected chi connectivity index (χ4v) is 3.04. The number of benzene rings is 2. The van der Waals surface area contributed by atoms with Crippen molar-refractivity contribution >= 4 is 6.29 Å². The second-order valence-corrected chi connectivity index (χ2v) is 6.13. The Morgan fingerprint density at radius 3 is 2.30 bits per heavy atom. The van der Waals surface area contributed by atoms with E-state index in [0.717, 1.165) is 28.7 Å². The van der Waals surface area contributed by atoms with Crippen LogP contribution in [0.15, 0.2) is 90.0 Å². The minimum atomic E-state index is -0.242. The lowest BCUT2D eigenvalue weighted by Gasteiger charge is -2.08. The Morgan fingerprint density at radius 1 is 0.778 bits per heavy atom. The van der Waals surface area contributed by atoms with Gasteiger partial charge in [-0.25, -0.2) is 0 Å². The van der Waals surface area contributed by atoms with Gasteiger partial charge in [-0.1, -0.05) is 60.7 Å². The van der Waals surface area contributed by atoms with Crippen LogP contribution in [-0.2, 0) is 0 Å². The molecule has 0 atom stereocenters. The topological polar surface area (TPSA) is 62.8 Å². The Kier molecular flexibility index (Phi) is 4.45. The lowest BCUT2D eigenvalue weighted by atomic mass is 9.99. The average Bonchev–Trinajstić information content (AvgIpc) is 2.75. The van der Waals surface area contributed by atoms with Gasteiger partial charge in [0.15, 0.2) is 6.29 Å². The van der Waals surface area contributed by atoms with Gasteiger partial charge in [0.25, 0.3) is 5.56 Å². The molecule has 0 bridgehead atoms. The average molecular weight is 352 g/mol. The molecule has 0 amide bonds. The molecule has 0 aliphatic rings. The highest BCUT2D eigenvalue weighted by molar-refractivity contribution is 5.88. The molecule has 2 aromatic heterocycles. The number of H-pyrrole nitrogens is 1. The summed E-state index contributed by atoms with van der Waals surface area (Å²) in [4.78, 5) is 30.9. The number of aldehydes is 1. The number of aromatic nitrogens is 2. The number of hydrogen-bond acceptors (Lipinski definition) is 3. The second-order valence-electron chi connectivity index (χ2n) is 6.13. The Labute approximate surface area is 156 Å². The van der Waals surface area contributed by atoms with Crippen molar-refractivity contribution in [1.29, 1.82) is 0 Å². The Balaban J connectivity index is 1.75. The van der Waals surface area contributed by atoms with E-state index in [2.05, 4.69) is 9.97 Å². The van der Waals surface area contributed by atoms with Crippen LogP contribution in [-0.4, -0.2) is 16.3 Å². The fourth-order valence-electron chi connectivity index (χ4n) is 3.04. The first-order chi connectivity index (χ1) is 13.3. The lowest BCUT2D eigenvalue weighted by Crippen LogP contribution is -2.09. The van der Waals surface area contributed by atoms with Crippen LogP contribution >= 0.6 is 0 Å². The van der Waals surface area contributed by atoms with Crippen LogP contribution < -0.4 is 5.56 Å². The fraction of sp³-hybridized carbons (Fsp3) is 0. The van der Waals surface area contributed by atoms with E-state index < -0.39 is 0 Å². The highest BCUT2D eigenvalue weighted by Crippen LogP contribution is 2.25. The van der Waals surface area contributed by atoms with Gasteiger partial charge in [-0.2, -0.15) is 0 Å². The first-order valence-electron chi connectivity index (χ1n) is 8.55. The molecule has 0 aliphatic carbocycles. The summed E-state index contributed by atoms with van der Waals surface area (Å²) in [5.41, 5.74) is 4.94. The maximum Gasteiger partial charge on any atom is 0.255 e. The predicted octanol–water partition coefficient (Wildman–Crippen LogP) is 4.58. The minimum absolute atomic E-state index is 0.242. The normalized spacial score (nSPS) is 10.5. The van der Waals surface area contributed by atoms with Crippen LogP contribution in [0, 0.1) is 0 Å². The van der Waals surface area contributed by atoms with Gasteiger partial charge in [-0.15, -0.1) is 0 Å². The number of aromatic amines is 1. The zero-order valence-electron chi connectivity index (χ0n) is 14.4. The molecule has 27 heavy (non-hydrogen) atoms. The molecule has 0 radical (unpaired) electrons. The van der Waals surface area contributed by atoms with Crippen LogP contribution in [0.5, 0.6) is 0 Å². The number of rotatable bonds is 4. The number of nitrogens with zero attached hydrogens (tertiary/aromatic N) is 1. The molecule has 2 heterocycles. The van der Waals surface area contributed by atoms with Gasteiger partial charge < -0.3 is 4.98 Å². The molecule has 4 aromatic rings. The maximum absolute atomic E-state index is 12.3. The molecule has 0 saturated carbocycles. The molecule has 2 aromatic carbocycles. The molecular weight excluding hydrogens is 336 g/mol. The number of hydrogen-bond donors (Lipinski definition) is 1. The highest BCUT2D eigenvalue weighted by Gasteiger charge is 2.10. The molecule has 0 spiro atoms. The molecule has 0 aliphatic heterocycles. The maximum atomic E-state index is 12.3. The van der Waals surface area contributed by atoms with Crippen molar-refractivity contribution in [3.05, 3.63) is 101 Å².